The Morgan fingerprint density at radius 3 is 2.42 bits per heavy atom. The van der Waals surface area contributed by atoms with E-state index in [-0.39, 0.29) is 17.5 Å². The summed E-state index contributed by atoms with van der Waals surface area (Å²) in [6, 6.07) is 15.7. The Hall–Kier alpha value is -2.73. The molecule has 0 aliphatic rings. The number of aryl methyl sites for hydroxylation is 2. The zero-order valence-electron chi connectivity index (χ0n) is 14.5. The summed E-state index contributed by atoms with van der Waals surface area (Å²) in [6.07, 6.45) is 0. The molecule has 6 heteroatoms. The first-order chi connectivity index (χ1) is 12.5. The number of hydrogen-bond acceptors (Lipinski definition) is 4. The quantitative estimate of drug-likeness (QED) is 0.528. The minimum atomic E-state index is -0.339. The van der Waals surface area contributed by atoms with Crippen molar-refractivity contribution in [1.82, 2.24) is 9.97 Å². The number of halogens is 1. The Morgan fingerprint density at radius 2 is 1.73 bits per heavy atom. The molecule has 4 nitrogen and oxygen atoms in total. The molecule has 1 N–H and O–H groups in total. The highest BCUT2D eigenvalue weighted by Crippen LogP contribution is 2.22. The summed E-state index contributed by atoms with van der Waals surface area (Å²) in [5.41, 5.74) is 4.43. The molecule has 26 heavy (non-hydrogen) atoms. The lowest BCUT2D eigenvalue weighted by Gasteiger charge is -2.07. The van der Waals surface area contributed by atoms with E-state index in [2.05, 4.69) is 15.3 Å². The normalized spacial score (nSPS) is 10.6. The van der Waals surface area contributed by atoms with E-state index in [0.29, 0.717) is 10.8 Å². The molecule has 0 radical (unpaired) electrons. The molecular weight excluding hydrogens is 349 g/mol. The van der Waals surface area contributed by atoms with Crippen molar-refractivity contribution in [2.45, 2.75) is 19.0 Å². The maximum atomic E-state index is 12.9. The minimum Gasteiger partial charge on any atom is -0.325 e. The van der Waals surface area contributed by atoms with Gasteiger partial charge in [-0.1, -0.05) is 41.6 Å². The molecule has 0 aliphatic heterocycles. The van der Waals surface area contributed by atoms with Crippen LogP contribution in [-0.2, 0) is 4.79 Å². The van der Waals surface area contributed by atoms with Gasteiger partial charge in [0.15, 0.2) is 5.16 Å². The smallest absolute Gasteiger partial charge is 0.234 e. The zero-order chi connectivity index (χ0) is 18.5. The van der Waals surface area contributed by atoms with Crippen molar-refractivity contribution in [3.8, 4) is 11.3 Å². The summed E-state index contributed by atoms with van der Waals surface area (Å²) in [6.45, 7) is 3.94. The van der Waals surface area contributed by atoms with Crippen LogP contribution in [0.25, 0.3) is 11.3 Å². The summed E-state index contributed by atoms with van der Waals surface area (Å²) >= 11 is 1.27. The number of carbonyl (C=O) groups excluding carboxylic acids is 1. The van der Waals surface area contributed by atoms with Gasteiger partial charge in [0, 0.05) is 16.9 Å². The van der Waals surface area contributed by atoms with E-state index in [4.69, 9.17) is 0 Å². The van der Waals surface area contributed by atoms with Gasteiger partial charge in [0.1, 0.15) is 5.82 Å². The maximum Gasteiger partial charge on any atom is 0.234 e. The fraction of sp³-hybridized carbons (Fsp3) is 0.150. The first kappa shape index (κ1) is 18.1. The molecule has 1 amide bonds. The second-order valence-corrected chi connectivity index (χ2v) is 6.83. The molecule has 1 aromatic heterocycles. The molecule has 3 rings (SSSR count). The summed E-state index contributed by atoms with van der Waals surface area (Å²) in [5.74, 6) is -0.355. The Bertz CT molecular complexity index is 911. The van der Waals surface area contributed by atoms with Crippen molar-refractivity contribution >= 4 is 23.4 Å². The van der Waals surface area contributed by atoms with Crippen molar-refractivity contribution in [2.24, 2.45) is 0 Å². The Kier molecular flexibility index (Phi) is 5.63. The molecule has 2 aromatic carbocycles. The first-order valence-electron chi connectivity index (χ1n) is 8.10. The van der Waals surface area contributed by atoms with Crippen LogP contribution in [0.2, 0.25) is 0 Å². The highest BCUT2D eigenvalue weighted by molar-refractivity contribution is 7.99. The first-order valence-corrected chi connectivity index (χ1v) is 9.09. The SMILES string of the molecule is Cc1ccc(-c2cc(C)nc(SCC(=O)Nc3ccc(F)cc3)n2)cc1. The van der Waals surface area contributed by atoms with Crippen LogP contribution in [0.4, 0.5) is 10.1 Å². The maximum absolute atomic E-state index is 12.9. The van der Waals surface area contributed by atoms with Crippen molar-refractivity contribution in [3.05, 3.63) is 71.7 Å². The van der Waals surface area contributed by atoms with Crippen LogP contribution in [0.3, 0.4) is 0 Å². The number of carbonyl (C=O) groups is 1. The van der Waals surface area contributed by atoms with Crippen molar-refractivity contribution in [3.63, 3.8) is 0 Å². The number of rotatable bonds is 5. The number of benzene rings is 2. The predicted octanol–water partition coefficient (Wildman–Crippen LogP) is 4.63. The van der Waals surface area contributed by atoms with Crippen molar-refractivity contribution < 1.29 is 9.18 Å². The molecule has 0 fully saturated rings. The number of anilines is 1. The Labute approximate surface area is 155 Å². The summed E-state index contributed by atoms with van der Waals surface area (Å²) in [5, 5.41) is 3.28. The van der Waals surface area contributed by atoms with Crippen LogP contribution in [0.1, 0.15) is 11.3 Å². The van der Waals surface area contributed by atoms with E-state index in [1.54, 1.807) is 0 Å². The van der Waals surface area contributed by atoms with Crippen molar-refractivity contribution in [1.29, 1.82) is 0 Å². The van der Waals surface area contributed by atoms with E-state index in [1.807, 2.05) is 44.2 Å². The minimum absolute atomic E-state index is 0.175. The number of amides is 1. The third-order valence-corrected chi connectivity index (χ3v) is 4.49. The third kappa shape index (κ3) is 4.89. The largest absolute Gasteiger partial charge is 0.325 e. The lowest BCUT2D eigenvalue weighted by atomic mass is 10.1. The highest BCUT2D eigenvalue weighted by Gasteiger charge is 2.09. The lowest BCUT2D eigenvalue weighted by Crippen LogP contribution is -2.14. The topological polar surface area (TPSA) is 54.9 Å². The monoisotopic (exact) mass is 367 g/mol. The molecule has 0 saturated carbocycles. The number of thioether (sulfide) groups is 1. The average molecular weight is 367 g/mol. The molecule has 0 atom stereocenters. The van der Waals surface area contributed by atoms with Gasteiger partial charge in [-0.25, -0.2) is 14.4 Å². The van der Waals surface area contributed by atoms with Gasteiger partial charge in [-0.15, -0.1) is 0 Å². The van der Waals surface area contributed by atoms with E-state index >= 15 is 0 Å². The molecule has 0 aliphatic carbocycles. The Balaban J connectivity index is 1.66. The van der Waals surface area contributed by atoms with E-state index < -0.39 is 0 Å². The number of nitrogens with one attached hydrogen (secondary N) is 1. The zero-order valence-corrected chi connectivity index (χ0v) is 15.3. The Morgan fingerprint density at radius 1 is 1.04 bits per heavy atom. The molecular formula is C20H18FN3OS. The van der Waals surface area contributed by atoms with Gasteiger partial charge in [-0.05, 0) is 44.2 Å². The molecule has 0 bridgehead atoms. The van der Waals surface area contributed by atoms with Gasteiger partial charge in [0.05, 0.1) is 11.4 Å². The lowest BCUT2D eigenvalue weighted by molar-refractivity contribution is -0.113. The molecule has 0 saturated heterocycles. The summed E-state index contributed by atoms with van der Waals surface area (Å²) < 4.78 is 12.9. The predicted molar refractivity (Wildman–Crippen MR) is 103 cm³/mol. The van der Waals surface area contributed by atoms with Gasteiger partial charge < -0.3 is 5.32 Å². The highest BCUT2D eigenvalue weighted by atomic mass is 32.2. The van der Waals surface area contributed by atoms with Crippen LogP contribution < -0.4 is 5.32 Å². The fourth-order valence-electron chi connectivity index (χ4n) is 2.34. The standard InChI is InChI=1S/C20H18FN3OS/c1-13-3-5-15(6-4-13)18-11-14(2)22-20(24-18)26-12-19(25)23-17-9-7-16(21)8-10-17/h3-11H,12H2,1-2H3,(H,23,25). The van der Waals surface area contributed by atoms with Gasteiger partial charge >= 0.3 is 0 Å². The molecule has 1 heterocycles. The van der Waals surface area contributed by atoms with E-state index in [1.165, 1.54) is 41.6 Å². The second-order valence-electron chi connectivity index (χ2n) is 5.89. The van der Waals surface area contributed by atoms with Gasteiger partial charge in [0.2, 0.25) is 5.91 Å². The van der Waals surface area contributed by atoms with Crippen LogP contribution >= 0.6 is 11.8 Å². The summed E-state index contributed by atoms with van der Waals surface area (Å²) in [7, 11) is 0. The third-order valence-electron chi connectivity index (χ3n) is 3.64. The number of aromatic nitrogens is 2. The van der Waals surface area contributed by atoms with Gasteiger partial charge in [0.25, 0.3) is 0 Å². The summed E-state index contributed by atoms with van der Waals surface area (Å²) in [4.78, 5) is 21.0. The molecule has 132 valence electrons. The van der Waals surface area contributed by atoms with Gasteiger partial charge in [-0.2, -0.15) is 0 Å². The van der Waals surface area contributed by atoms with Crippen LogP contribution in [0.5, 0.6) is 0 Å². The molecule has 0 unspecified atom stereocenters. The van der Waals surface area contributed by atoms with Crippen LogP contribution in [0, 0.1) is 19.7 Å². The molecule has 0 spiro atoms. The van der Waals surface area contributed by atoms with Gasteiger partial charge in [-0.3, -0.25) is 4.79 Å². The van der Waals surface area contributed by atoms with E-state index in [0.717, 1.165) is 17.0 Å². The molecule has 3 aromatic rings. The number of hydrogen-bond donors (Lipinski definition) is 1. The fourth-order valence-corrected chi connectivity index (χ4v) is 3.04. The second kappa shape index (κ2) is 8.10. The van der Waals surface area contributed by atoms with E-state index in [9.17, 15) is 9.18 Å². The van der Waals surface area contributed by atoms with Crippen LogP contribution in [0.15, 0.2) is 59.8 Å². The van der Waals surface area contributed by atoms with Crippen LogP contribution in [-0.4, -0.2) is 21.6 Å². The number of nitrogens with zero attached hydrogens (tertiary/aromatic N) is 2. The average Bonchev–Trinajstić information content (AvgIpc) is 2.62. The van der Waals surface area contributed by atoms with Crippen molar-refractivity contribution in [2.75, 3.05) is 11.1 Å².